The predicted molar refractivity (Wildman–Crippen MR) is 59.9 cm³/mol. The van der Waals surface area contributed by atoms with Crippen LogP contribution in [0.1, 0.15) is 27.2 Å². The minimum absolute atomic E-state index is 0.0106. The van der Waals surface area contributed by atoms with E-state index < -0.39 is 6.04 Å². The number of hydrogen-bond acceptors (Lipinski definition) is 3. The summed E-state index contributed by atoms with van der Waals surface area (Å²) in [5.74, 6) is -0.0906. The molecule has 0 aromatic rings. The second-order valence-electron chi connectivity index (χ2n) is 3.99. The van der Waals surface area contributed by atoms with E-state index in [0.29, 0.717) is 19.8 Å². The van der Waals surface area contributed by atoms with E-state index in [2.05, 4.69) is 5.32 Å². The number of ether oxygens (including phenoxy) is 1. The molecular formula is C11H20N2O3. The van der Waals surface area contributed by atoms with Gasteiger partial charge < -0.3 is 15.0 Å². The molecule has 92 valence electrons. The molecule has 1 rings (SSSR count). The second kappa shape index (κ2) is 5.84. The van der Waals surface area contributed by atoms with Gasteiger partial charge in [-0.05, 0) is 27.2 Å². The van der Waals surface area contributed by atoms with Crippen LogP contribution in [0, 0.1) is 0 Å². The lowest BCUT2D eigenvalue weighted by Crippen LogP contribution is -2.61. The first-order chi connectivity index (χ1) is 7.57. The summed E-state index contributed by atoms with van der Waals surface area (Å²) < 4.78 is 5.21. The molecule has 0 aliphatic carbocycles. The maximum absolute atomic E-state index is 11.8. The highest BCUT2D eigenvalue weighted by Crippen LogP contribution is 2.10. The Morgan fingerprint density at radius 3 is 2.69 bits per heavy atom. The third-order valence-corrected chi connectivity index (χ3v) is 2.75. The van der Waals surface area contributed by atoms with E-state index in [1.165, 1.54) is 0 Å². The molecule has 1 N–H and O–H groups in total. The zero-order chi connectivity index (χ0) is 12.1. The van der Waals surface area contributed by atoms with Crippen molar-refractivity contribution in [3.05, 3.63) is 0 Å². The molecule has 0 spiro atoms. The number of carbonyl (C=O) groups is 2. The average molecular weight is 228 g/mol. The van der Waals surface area contributed by atoms with Gasteiger partial charge in [0.15, 0.2) is 0 Å². The molecule has 2 amide bonds. The molecule has 0 aromatic carbocycles. The van der Waals surface area contributed by atoms with E-state index in [1.807, 2.05) is 6.92 Å². The second-order valence-corrected chi connectivity index (χ2v) is 3.99. The maximum atomic E-state index is 11.8. The van der Waals surface area contributed by atoms with Crippen LogP contribution in [-0.4, -0.2) is 48.6 Å². The molecule has 1 aliphatic rings. The van der Waals surface area contributed by atoms with Gasteiger partial charge in [0.1, 0.15) is 12.1 Å². The highest BCUT2D eigenvalue weighted by atomic mass is 16.5. The van der Waals surface area contributed by atoms with Gasteiger partial charge in [-0.3, -0.25) is 9.59 Å². The molecule has 1 saturated heterocycles. The summed E-state index contributed by atoms with van der Waals surface area (Å²) in [6.07, 6.45) is 0.768. The highest BCUT2D eigenvalue weighted by Gasteiger charge is 2.34. The first-order valence-electron chi connectivity index (χ1n) is 5.76. The van der Waals surface area contributed by atoms with Crippen molar-refractivity contribution in [3.8, 4) is 0 Å². The molecule has 1 aliphatic heterocycles. The van der Waals surface area contributed by atoms with E-state index in [9.17, 15) is 9.59 Å². The summed E-state index contributed by atoms with van der Waals surface area (Å²) in [5, 5.41) is 2.65. The van der Waals surface area contributed by atoms with Crippen LogP contribution in [0.5, 0.6) is 0 Å². The molecular weight excluding hydrogens is 208 g/mol. The van der Waals surface area contributed by atoms with E-state index in [-0.39, 0.29) is 17.9 Å². The van der Waals surface area contributed by atoms with Gasteiger partial charge >= 0.3 is 0 Å². The summed E-state index contributed by atoms with van der Waals surface area (Å²) in [5.41, 5.74) is 0. The molecule has 0 radical (unpaired) electrons. The average Bonchev–Trinajstić information content (AvgIpc) is 2.25. The fourth-order valence-corrected chi connectivity index (χ4v) is 1.76. The summed E-state index contributed by atoms with van der Waals surface area (Å²) in [7, 11) is 0. The van der Waals surface area contributed by atoms with E-state index in [0.717, 1.165) is 6.42 Å². The molecule has 0 saturated carbocycles. The Labute approximate surface area is 96.1 Å². The topological polar surface area (TPSA) is 58.6 Å². The highest BCUT2D eigenvalue weighted by molar-refractivity contribution is 5.96. The van der Waals surface area contributed by atoms with Gasteiger partial charge in [0.2, 0.25) is 11.8 Å². The van der Waals surface area contributed by atoms with Crippen LogP contribution in [0.4, 0.5) is 0 Å². The number of hydrogen-bond donors (Lipinski definition) is 1. The lowest BCUT2D eigenvalue weighted by atomic mass is 10.1. The van der Waals surface area contributed by atoms with Crippen molar-refractivity contribution in [3.63, 3.8) is 0 Å². The minimum Gasteiger partial charge on any atom is -0.382 e. The Hall–Kier alpha value is -1.10. The Morgan fingerprint density at radius 2 is 2.06 bits per heavy atom. The predicted octanol–water partition coefficient (Wildman–Crippen LogP) is 0.148. The number of nitrogens with one attached hydrogen (secondary N) is 1. The van der Waals surface area contributed by atoms with Gasteiger partial charge in [-0.1, -0.05) is 0 Å². The number of rotatable bonds is 5. The standard InChI is InChI=1S/C11H20N2O3/c1-4-16-7-5-6-13-9(3)10(14)12-8(2)11(13)15/h8-9H,4-7H2,1-3H3,(H,12,14). The maximum Gasteiger partial charge on any atom is 0.245 e. The Balaban J connectivity index is 2.47. The monoisotopic (exact) mass is 228 g/mol. The van der Waals surface area contributed by atoms with Gasteiger partial charge in [-0.25, -0.2) is 0 Å². The largest absolute Gasteiger partial charge is 0.382 e. The van der Waals surface area contributed by atoms with Crippen molar-refractivity contribution in [2.45, 2.75) is 39.3 Å². The van der Waals surface area contributed by atoms with Gasteiger partial charge in [-0.2, -0.15) is 0 Å². The normalized spacial score (nSPS) is 25.8. The van der Waals surface area contributed by atoms with Crippen molar-refractivity contribution in [2.75, 3.05) is 19.8 Å². The fourth-order valence-electron chi connectivity index (χ4n) is 1.76. The molecule has 0 bridgehead atoms. The van der Waals surface area contributed by atoms with E-state index >= 15 is 0 Å². The van der Waals surface area contributed by atoms with Gasteiger partial charge in [0.05, 0.1) is 0 Å². The third-order valence-electron chi connectivity index (χ3n) is 2.75. The van der Waals surface area contributed by atoms with Gasteiger partial charge in [-0.15, -0.1) is 0 Å². The molecule has 5 heteroatoms. The van der Waals surface area contributed by atoms with Crippen LogP contribution in [-0.2, 0) is 14.3 Å². The van der Waals surface area contributed by atoms with Gasteiger partial charge in [0, 0.05) is 19.8 Å². The lowest BCUT2D eigenvalue weighted by molar-refractivity contribution is -0.148. The molecule has 16 heavy (non-hydrogen) atoms. The summed E-state index contributed by atoms with van der Waals surface area (Å²) >= 11 is 0. The van der Waals surface area contributed by atoms with Crippen molar-refractivity contribution in [1.82, 2.24) is 10.2 Å². The number of carbonyl (C=O) groups excluding carboxylic acids is 2. The summed E-state index contributed by atoms with van der Waals surface area (Å²) in [4.78, 5) is 25.0. The Bertz CT molecular complexity index is 268. The first-order valence-corrected chi connectivity index (χ1v) is 5.76. The molecule has 5 nitrogen and oxygen atoms in total. The van der Waals surface area contributed by atoms with Crippen molar-refractivity contribution in [2.24, 2.45) is 0 Å². The third kappa shape index (κ3) is 2.95. The molecule has 1 fully saturated rings. The van der Waals surface area contributed by atoms with Crippen LogP contribution >= 0.6 is 0 Å². The van der Waals surface area contributed by atoms with E-state index in [1.54, 1.807) is 18.7 Å². The smallest absolute Gasteiger partial charge is 0.245 e. The minimum atomic E-state index is -0.407. The molecule has 0 aromatic heterocycles. The van der Waals surface area contributed by atoms with Crippen LogP contribution in [0.15, 0.2) is 0 Å². The number of nitrogens with zero attached hydrogens (tertiary/aromatic N) is 1. The Kier molecular flexibility index (Phi) is 4.73. The van der Waals surface area contributed by atoms with Crippen LogP contribution in [0.3, 0.4) is 0 Å². The first kappa shape index (κ1) is 13.0. The van der Waals surface area contributed by atoms with Crippen LogP contribution < -0.4 is 5.32 Å². The fraction of sp³-hybridized carbons (Fsp3) is 0.818. The number of piperazine rings is 1. The molecule has 2 atom stereocenters. The van der Waals surface area contributed by atoms with Gasteiger partial charge in [0.25, 0.3) is 0 Å². The van der Waals surface area contributed by atoms with Crippen LogP contribution in [0.25, 0.3) is 0 Å². The SMILES string of the molecule is CCOCCCN1C(=O)C(C)NC(=O)C1C. The quantitative estimate of drug-likeness (QED) is 0.681. The number of amides is 2. The van der Waals surface area contributed by atoms with Crippen molar-refractivity contribution in [1.29, 1.82) is 0 Å². The molecule has 2 unspecified atom stereocenters. The zero-order valence-electron chi connectivity index (χ0n) is 10.2. The lowest BCUT2D eigenvalue weighted by Gasteiger charge is -2.36. The van der Waals surface area contributed by atoms with Crippen LogP contribution in [0.2, 0.25) is 0 Å². The summed E-state index contributed by atoms with van der Waals surface area (Å²) in [6.45, 7) is 7.28. The Morgan fingerprint density at radius 1 is 1.38 bits per heavy atom. The van der Waals surface area contributed by atoms with Crippen molar-refractivity contribution < 1.29 is 14.3 Å². The van der Waals surface area contributed by atoms with E-state index in [4.69, 9.17) is 4.74 Å². The molecule has 1 heterocycles. The summed E-state index contributed by atoms with van der Waals surface area (Å²) in [6, 6.07) is -0.777. The van der Waals surface area contributed by atoms with Crippen molar-refractivity contribution >= 4 is 11.8 Å². The zero-order valence-corrected chi connectivity index (χ0v) is 10.2.